The predicted octanol–water partition coefficient (Wildman–Crippen LogP) is -1.47. The Morgan fingerprint density at radius 3 is 2.93 bits per heavy atom. The Morgan fingerprint density at radius 2 is 2.29 bits per heavy atom. The molecule has 1 saturated heterocycles. The van der Waals surface area contributed by atoms with Crippen LogP contribution >= 0.6 is 0 Å². The molecule has 0 saturated carbocycles. The monoisotopic (exact) mass is 201 g/mol. The van der Waals surface area contributed by atoms with E-state index in [1.165, 1.54) is 0 Å². The fourth-order valence-corrected chi connectivity index (χ4v) is 1.54. The molecule has 0 spiro atoms. The molecule has 1 rings (SSSR count). The van der Waals surface area contributed by atoms with Crippen LogP contribution in [-0.4, -0.2) is 67.3 Å². The van der Waals surface area contributed by atoms with Crippen molar-refractivity contribution in [1.29, 1.82) is 0 Å². The zero-order valence-corrected chi connectivity index (χ0v) is 8.77. The van der Waals surface area contributed by atoms with Gasteiger partial charge < -0.3 is 10.6 Å². The molecule has 0 radical (unpaired) electrons. The van der Waals surface area contributed by atoms with E-state index in [-0.39, 0.29) is 5.96 Å². The van der Waals surface area contributed by atoms with Gasteiger partial charge in [0.2, 0.25) is 5.96 Å². The van der Waals surface area contributed by atoms with E-state index in [1.807, 2.05) is 5.48 Å². The van der Waals surface area contributed by atoms with E-state index >= 15 is 0 Å². The van der Waals surface area contributed by atoms with Crippen molar-refractivity contribution < 1.29 is 5.21 Å². The highest BCUT2D eigenvalue weighted by molar-refractivity contribution is 5.76. The van der Waals surface area contributed by atoms with Crippen molar-refractivity contribution in [3.8, 4) is 0 Å². The van der Waals surface area contributed by atoms with Crippen molar-refractivity contribution in [1.82, 2.24) is 15.3 Å². The second kappa shape index (κ2) is 5.14. The number of hydrogen-bond acceptors (Lipinski definition) is 4. The second-order valence-corrected chi connectivity index (χ2v) is 3.73. The van der Waals surface area contributed by atoms with Gasteiger partial charge in [0.05, 0.1) is 6.54 Å². The molecular formula is C8H19N5O. The van der Waals surface area contributed by atoms with Gasteiger partial charge in [-0.3, -0.25) is 15.1 Å². The molecule has 1 aliphatic heterocycles. The van der Waals surface area contributed by atoms with Crippen LogP contribution in [0.15, 0.2) is 4.99 Å². The lowest BCUT2D eigenvalue weighted by Gasteiger charge is -2.36. The molecule has 4 N–H and O–H groups in total. The minimum Gasteiger partial charge on any atom is -0.368 e. The van der Waals surface area contributed by atoms with E-state index in [0.29, 0.717) is 12.6 Å². The first-order chi connectivity index (χ1) is 6.63. The summed E-state index contributed by atoms with van der Waals surface area (Å²) in [6.07, 6.45) is 0. The molecule has 82 valence electrons. The minimum atomic E-state index is 0.0756. The van der Waals surface area contributed by atoms with Gasteiger partial charge in [0, 0.05) is 25.7 Å². The van der Waals surface area contributed by atoms with Crippen LogP contribution in [0.1, 0.15) is 0 Å². The maximum atomic E-state index is 8.45. The molecule has 1 fully saturated rings. The van der Waals surface area contributed by atoms with Gasteiger partial charge in [-0.2, -0.15) is 0 Å². The van der Waals surface area contributed by atoms with Gasteiger partial charge in [-0.1, -0.05) is 0 Å². The molecule has 6 nitrogen and oxygen atoms in total. The number of nitrogens with two attached hydrogens (primary N) is 1. The van der Waals surface area contributed by atoms with Gasteiger partial charge in [0.1, 0.15) is 0 Å². The maximum Gasteiger partial charge on any atom is 0.212 e. The van der Waals surface area contributed by atoms with Crippen molar-refractivity contribution in [3.05, 3.63) is 0 Å². The molecule has 0 aromatic carbocycles. The zero-order chi connectivity index (χ0) is 10.6. The predicted molar refractivity (Wildman–Crippen MR) is 55.3 cm³/mol. The Morgan fingerprint density at radius 1 is 1.57 bits per heavy atom. The van der Waals surface area contributed by atoms with Crippen LogP contribution in [0.5, 0.6) is 0 Å². The smallest absolute Gasteiger partial charge is 0.212 e. The summed E-state index contributed by atoms with van der Waals surface area (Å²) in [6.45, 7) is 3.73. The van der Waals surface area contributed by atoms with Crippen molar-refractivity contribution >= 4 is 5.96 Å². The number of nitrogens with zero attached hydrogens (tertiary/aromatic N) is 3. The average Bonchev–Trinajstić information content (AvgIpc) is 2.19. The van der Waals surface area contributed by atoms with Crippen LogP contribution in [0.3, 0.4) is 0 Å². The third-order valence-corrected chi connectivity index (χ3v) is 2.57. The summed E-state index contributed by atoms with van der Waals surface area (Å²) in [5, 5.41) is 8.45. The van der Waals surface area contributed by atoms with Crippen LogP contribution < -0.4 is 11.2 Å². The van der Waals surface area contributed by atoms with Gasteiger partial charge in [-0.15, -0.1) is 0 Å². The molecule has 14 heavy (non-hydrogen) atoms. The normalized spacial score (nSPS) is 26.5. The number of rotatable bonds is 2. The zero-order valence-electron chi connectivity index (χ0n) is 8.77. The average molecular weight is 201 g/mol. The molecule has 0 aliphatic carbocycles. The summed E-state index contributed by atoms with van der Waals surface area (Å²) < 4.78 is 0. The van der Waals surface area contributed by atoms with E-state index in [1.54, 1.807) is 0 Å². The standard InChI is InChI=1S/C8H19N5O/c1-12-3-4-13(2)7(6-12)5-10-8(9)11-14/h7,14H,3-6H2,1-2H3,(H3,9,10,11). The van der Waals surface area contributed by atoms with Crippen molar-refractivity contribution in [3.63, 3.8) is 0 Å². The Bertz CT molecular complexity index is 208. The molecular weight excluding hydrogens is 182 g/mol. The Balaban J connectivity index is 2.41. The van der Waals surface area contributed by atoms with Crippen LogP contribution in [0.2, 0.25) is 0 Å². The largest absolute Gasteiger partial charge is 0.368 e. The number of likely N-dealkylation sites (N-methyl/N-ethyl adjacent to an activating group) is 2. The first-order valence-electron chi connectivity index (χ1n) is 4.72. The number of piperazine rings is 1. The summed E-state index contributed by atoms with van der Waals surface area (Å²) in [5.74, 6) is 0.0756. The molecule has 6 heteroatoms. The fourth-order valence-electron chi connectivity index (χ4n) is 1.54. The van der Waals surface area contributed by atoms with E-state index in [4.69, 9.17) is 10.9 Å². The molecule has 0 bridgehead atoms. The molecule has 1 aliphatic rings. The highest BCUT2D eigenvalue weighted by atomic mass is 16.5. The highest BCUT2D eigenvalue weighted by Crippen LogP contribution is 2.05. The van der Waals surface area contributed by atoms with Crippen LogP contribution in [-0.2, 0) is 0 Å². The lowest BCUT2D eigenvalue weighted by Crippen LogP contribution is -2.51. The van der Waals surface area contributed by atoms with E-state index in [2.05, 4.69) is 28.9 Å². The lowest BCUT2D eigenvalue weighted by molar-refractivity contribution is 0.119. The Hall–Kier alpha value is -0.850. The number of hydrogen-bond donors (Lipinski definition) is 3. The van der Waals surface area contributed by atoms with Gasteiger partial charge in [-0.05, 0) is 14.1 Å². The first-order valence-corrected chi connectivity index (χ1v) is 4.72. The van der Waals surface area contributed by atoms with E-state index < -0.39 is 0 Å². The molecule has 1 unspecified atom stereocenters. The first kappa shape index (κ1) is 11.2. The number of guanidine groups is 1. The lowest BCUT2D eigenvalue weighted by atomic mass is 10.2. The molecule has 0 amide bonds. The Kier molecular flexibility index (Phi) is 4.12. The van der Waals surface area contributed by atoms with Gasteiger partial charge >= 0.3 is 0 Å². The third-order valence-electron chi connectivity index (χ3n) is 2.57. The van der Waals surface area contributed by atoms with Gasteiger partial charge in [0.15, 0.2) is 0 Å². The van der Waals surface area contributed by atoms with Gasteiger partial charge in [0.25, 0.3) is 0 Å². The molecule has 0 aromatic rings. The summed E-state index contributed by atoms with van der Waals surface area (Å²) in [6, 6.07) is 0.376. The third kappa shape index (κ3) is 3.13. The second-order valence-electron chi connectivity index (χ2n) is 3.73. The minimum absolute atomic E-state index is 0.0756. The molecule has 1 heterocycles. The molecule has 1 atom stereocenters. The SMILES string of the molecule is CN1CCN(C)C(CN=C(N)NO)C1. The Labute approximate surface area is 84.3 Å². The van der Waals surface area contributed by atoms with Crippen molar-refractivity contribution in [2.24, 2.45) is 10.7 Å². The number of aliphatic imine (C=N–C) groups is 1. The summed E-state index contributed by atoms with van der Waals surface area (Å²) in [4.78, 5) is 8.54. The van der Waals surface area contributed by atoms with Gasteiger partial charge in [-0.25, -0.2) is 5.48 Å². The quantitative estimate of drug-likeness (QED) is 0.289. The van der Waals surface area contributed by atoms with Crippen LogP contribution in [0.4, 0.5) is 0 Å². The highest BCUT2D eigenvalue weighted by Gasteiger charge is 2.21. The van der Waals surface area contributed by atoms with Crippen LogP contribution in [0.25, 0.3) is 0 Å². The number of hydroxylamine groups is 1. The number of nitrogens with one attached hydrogen (secondary N) is 1. The summed E-state index contributed by atoms with van der Waals surface area (Å²) in [5.41, 5.74) is 7.15. The maximum absolute atomic E-state index is 8.45. The van der Waals surface area contributed by atoms with E-state index in [0.717, 1.165) is 19.6 Å². The molecule has 0 aromatic heterocycles. The summed E-state index contributed by atoms with van der Waals surface area (Å²) in [7, 11) is 4.17. The van der Waals surface area contributed by atoms with E-state index in [9.17, 15) is 0 Å². The topological polar surface area (TPSA) is 77.1 Å². The van der Waals surface area contributed by atoms with Crippen LogP contribution in [0, 0.1) is 0 Å². The van der Waals surface area contributed by atoms with Crippen molar-refractivity contribution in [2.45, 2.75) is 6.04 Å². The summed E-state index contributed by atoms with van der Waals surface area (Å²) >= 11 is 0. The fraction of sp³-hybridized carbons (Fsp3) is 0.875. The van der Waals surface area contributed by atoms with Crippen molar-refractivity contribution in [2.75, 3.05) is 40.3 Å².